The van der Waals surface area contributed by atoms with Crippen LogP contribution in [0.3, 0.4) is 0 Å². The van der Waals surface area contributed by atoms with Crippen LogP contribution in [0.25, 0.3) is 0 Å². The number of hydrogen-bond donors (Lipinski definition) is 3. The highest BCUT2D eigenvalue weighted by Gasteiger charge is 2.30. The van der Waals surface area contributed by atoms with E-state index < -0.39 is 16.1 Å². The first-order chi connectivity index (χ1) is 15.9. The van der Waals surface area contributed by atoms with Gasteiger partial charge in [0.2, 0.25) is 0 Å². The fraction of sp³-hybridized carbons (Fsp3) is 0. The van der Waals surface area contributed by atoms with Gasteiger partial charge in [0.1, 0.15) is 11.4 Å². The van der Waals surface area contributed by atoms with Crippen molar-refractivity contribution in [2.45, 2.75) is 14.7 Å². The zero-order valence-electron chi connectivity index (χ0n) is 16.8. The van der Waals surface area contributed by atoms with Crippen LogP contribution in [0.5, 0.6) is 5.75 Å². The van der Waals surface area contributed by atoms with E-state index in [4.69, 9.17) is 0 Å². The predicted octanol–water partition coefficient (Wildman–Crippen LogP) is 5.48. The zero-order chi connectivity index (χ0) is 23.0. The van der Waals surface area contributed by atoms with E-state index in [1.54, 1.807) is 17.5 Å². The molecule has 0 saturated heterocycles. The minimum atomic E-state index is -3.80. The van der Waals surface area contributed by atoms with Crippen LogP contribution >= 0.6 is 23.1 Å². The first-order valence-corrected chi connectivity index (χ1v) is 12.8. The molecule has 0 aliphatic carbocycles. The van der Waals surface area contributed by atoms with Gasteiger partial charge >= 0.3 is 6.03 Å². The van der Waals surface area contributed by atoms with Crippen molar-refractivity contribution in [1.29, 1.82) is 0 Å². The Morgan fingerprint density at radius 2 is 1.73 bits per heavy atom. The molecule has 0 spiro atoms. The topological polar surface area (TPSA) is 112 Å². The SMILES string of the molecule is O=C(Nc1ccc(S(=O)(=O)Nc2nccs2)cc1)N1c2ccccc2Sc2cccc(O)c21. The van der Waals surface area contributed by atoms with E-state index in [1.807, 2.05) is 24.3 Å². The summed E-state index contributed by atoms with van der Waals surface area (Å²) in [6.45, 7) is 0. The lowest BCUT2D eigenvalue weighted by Gasteiger charge is -2.31. The third-order valence-electron chi connectivity index (χ3n) is 4.80. The molecular formula is C22H16N4O4S3. The van der Waals surface area contributed by atoms with Crippen molar-refractivity contribution >= 4 is 61.3 Å². The fourth-order valence-electron chi connectivity index (χ4n) is 3.34. The molecule has 0 fully saturated rings. The summed E-state index contributed by atoms with van der Waals surface area (Å²) in [5.41, 5.74) is 1.44. The van der Waals surface area contributed by atoms with E-state index in [2.05, 4.69) is 15.0 Å². The van der Waals surface area contributed by atoms with E-state index in [1.165, 1.54) is 64.5 Å². The summed E-state index contributed by atoms with van der Waals surface area (Å²) in [5.74, 6) is -0.0145. The van der Waals surface area contributed by atoms with Crippen molar-refractivity contribution in [1.82, 2.24) is 4.98 Å². The number of para-hydroxylation sites is 2. The first-order valence-electron chi connectivity index (χ1n) is 9.65. The van der Waals surface area contributed by atoms with E-state index >= 15 is 0 Å². The van der Waals surface area contributed by atoms with Crippen molar-refractivity contribution in [2.75, 3.05) is 14.9 Å². The zero-order valence-corrected chi connectivity index (χ0v) is 19.2. The van der Waals surface area contributed by atoms with Crippen molar-refractivity contribution in [3.05, 3.63) is 78.3 Å². The third kappa shape index (κ3) is 4.13. The van der Waals surface area contributed by atoms with Gasteiger partial charge in [0.25, 0.3) is 10.0 Å². The second-order valence-electron chi connectivity index (χ2n) is 6.93. The van der Waals surface area contributed by atoms with Gasteiger partial charge < -0.3 is 10.4 Å². The Bertz CT molecular complexity index is 1440. The average Bonchev–Trinajstić information content (AvgIpc) is 3.30. The number of rotatable bonds is 4. The molecule has 11 heteroatoms. The van der Waals surface area contributed by atoms with Gasteiger partial charge in [-0.25, -0.2) is 18.2 Å². The van der Waals surface area contributed by atoms with Crippen LogP contribution in [-0.2, 0) is 10.0 Å². The smallest absolute Gasteiger partial charge is 0.331 e. The Kier molecular flexibility index (Phi) is 5.44. The molecule has 2 heterocycles. The summed E-state index contributed by atoms with van der Waals surface area (Å²) in [6.07, 6.45) is 1.51. The second kappa shape index (κ2) is 8.43. The maximum Gasteiger partial charge on any atom is 0.331 e. The number of benzene rings is 3. The van der Waals surface area contributed by atoms with Gasteiger partial charge in [-0.05, 0) is 48.5 Å². The number of hydrogen-bond acceptors (Lipinski definition) is 7. The second-order valence-corrected chi connectivity index (χ2v) is 10.6. The maximum absolute atomic E-state index is 13.3. The lowest BCUT2D eigenvalue weighted by molar-refractivity contribution is 0.258. The number of carbonyl (C=O) groups is 1. The number of urea groups is 1. The number of anilines is 4. The maximum atomic E-state index is 13.3. The number of aromatic hydroxyl groups is 1. The summed E-state index contributed by atoms with van der Waals surface area (Å²) in [7, 11) is -3.80. The number of thiazole rings is 1. The average molecular weight is 497 g/mol. The highest BCUT2D eigenvalue weighted by atomic mass is 32.2. The molecule has 0 radical (unpaired) electrons. The number of amides is 2. The molecule has 166 valence electrons. The van der Waals surface area contributed by atoms with Crippen LogP contribution in [-0.4, -0.2) is 24.5 Å². The van der Waals surface area contributed by atoms with Crippen molar-refractivity contribution in [3.63, 3.8) is 0 Å². The molecule has 3 N–H and O–H groups in total. The molecular weight excluding hydrogens is 480 g/mol. The molecule has 3 aromatic carbocycles. The molecule has 2 amide bonds. The third-order valence-corrected chi connectivity index (χ3v) is 8.09. The van der Waals surface area contributed by atoms with Gasteiger partial charge in [-0.1, -0.05) is 30.0 Å². The number of phenolic OH excluding ortho intramolecular Hbond substituents is 1. The van der Waals surface area contributed by atoms with Gasteiger partial charge in [0.15, 0.2) is 5.13 Å². The number of aromatic nitrogens is 1. The van der Waals surface area contributed by atoms with Crippen LogP contribution in [0.2, 0.25) is 0 Å². The molecule has 5 rings (SSSR count). The van der Waals surface area contributed by atoms with E-state index in [9.17, 15) is 18.3 Å². The normalized spacial score (nSPS) is 12.5. The van der Waals surface area contributed by atoms with E-state index in [0.29, 0.717) is 17.1 Å². The van der Waals surface area contributed by atoms with Crippen LogP contribution in [0.4, 0.5) is 27.0 Å². The summed E-state index contributed by atoms with van der Waals surface area (Å²) in [6, 6.07) is 17.8. The fourth-order valence-corrected chi connectivity index (χ4v) is 6.22. The van der Waals surface area contributed by atoms with Crippen molar-refractivity contribution in [2.24, 2.45) is 0 Å². The highest BCUT2D eigenvalue weighted by molar-refractivity contribution is 7.99. The highest BCUT2D eigenvalue weighted by Crippen LogP contribution is 2.51. The van der Waals surface area contributed by atoms with E-state index in [-0.39, 0.29) is 15.8 Å². The van der Waals surface area contributed by atoms with E-state index in [0.717, 1.165) is 9.79 Å². The van der Waals surface area contributed by atoms with Crippen LogP contribution in [0, 0.1) is 0 Å². The molecule has 8 nitrogen and oxygen atoms in total. The molecule has 0 bridgehead atoms. The Labute approximate surface area is 198 Å². The lowest BCUT2D eigenvalue weighted by atomic mass is 10.2. The number of phenols is 1. The molecule has 0 unspecified atom stereocenters. The molecule has 1 aromatic heterocycles. The van der Waals surface area contributed by atoms with Gasteiger partial charge in [-0.15, -0.1) is 11.3 Å². The van der Waals surface area contributed by atoms with Gasteiger partial charge in [0, 0.05) is 27.1 Å². The van der Waals surface area contributed by atoms with Gasteiger partial charge in [0.05, 0.1) is 10.6 Å². The minimum absolute atomic E-state index is 0.0145. The first kappa shape index (κ1) is 21.3. The van der Waals surface area contributed by atoms with Gasteiger partial charge in [-0.2, -0.15) is 0 Å². The molecule has 4 aromatic rings. The Hall–Kier alpha value is -3.54. The van der Waals surface area contributed by atoms with Crippen LogP contribution in [0.1, 0.15) is 0 Å². The largest absolute Gasteiger partial charge is 0.506 e. The van der Waals surface area contributed by atoms with Crippen LogP contribution in [0.15, 0.2) is 93.0 Å². The number of nitrogens with one attached hydrogen (secondary N) is 2. The number of nitrogens with zero attached hydrogens (tertiary/aromatic N) is 2. The minimum Gasteiger partial charge on any atom is -0.506 e. The standard InChI is InChI=1S/C22H16N4O4S3/c27-17-5-3-7-19-20(17)26(16-4-1-2-6-18(16)32-19)22(28)24-14-8-10-15(11-9-14)33(29,30)25-21-23-12-13-31-21/h1-13,27H,(H,23,25)(H,24,28). The summed E-state index contributed by atoms with van der Waals surface area (Å²) in [5, 5.41) is 15.2. The summed E-state index contributed by atoms with van der Waals surface area (Å²) < 4.78 is 27.5. The monoisotopic (exact) mass is 496 g/mol. The number of fused-ring (bicyclic) bond motifs is 2. The van der Waals surface area contributed by atoms with Crippen molar-refractivity contribution < 1.29 is 18.3 Å². The summed E-state index contributed by atoms with van der Waals surface area (Å²) >= 11 is 2.65. The predicted molar refractivity (Wildman–Crippen MR) is 129 cm³/mol. The summed E-state index contributed by atoms with van der Waals surface area (Å²) in [4.78, 5) is 20.3. The molecule has 33 heavy (non-hydrogen) atoms. The molecule has 1 aliphatic heterocycles. The molecule has 1 aliphatic rings. The molecule has 0 atom stereocenters. The Morgan fingerprint density at radius 1 is 0.970 bits per heavy atom. The number of sulfonamides is 1. The molecule has 0 saturated carbocycles. The Balaban J connectivity index is 1.42. The Morgan fingerprint density at radius 3 is 2.48 bits per heavy atom. The number of carbonyl (C=O) groups excluding carboxylic acids is 1. The van der Waals surface area contributed by atoms with Crippen molar-refractivity contribution in [3.8, 4) is 5.75 Å². The quantitative estimate of drug-likeness (QED) is 0.345. The lowest BCUT2D eigenvalue weighted by Crippen LogP contribution is -2.32. The van der Waals surface area contributed by atoms with Gasteiger partial charge in [-0.3, -0.25) is 9.62 Å². The van der Waals surface area contributed by atoms with Crippen LogP contribution < -0.4 is 14.9 Å².